The van der Waals surface area contributed by atoms with Gasteiger partial charge in [0.25, 0.3) is 0 Å². The molecule has 24 heavy (non-hydrogen) atoms. The molecule has 3 rings (SSSR count). The first-order valence-corrected chi connectivity index (χ1v) is 8.43. The van der Waals surface area contributed by atoms with Gasteiger partial charge in [0.1, 0.15) is 6.07 Å². The van der Waals surface area contributed by atoms with Gasteiger partial charge in [0.15, 0.2) is 0 Å². The molecule has 1 aromatic carbocycles. The molecular weight excluding hydrogens is 300 g/mol. The number of aromatic nitrogens is 2. The van der Waals surface area contributed by atoms with Crippen LogP contribution in [0.5, 0.6) is 5.88 Å². The van der Waals surface area contributed by atoms with Crippen LogP contribution in [0.15, 0.2) is 41.8 Å². The van der Waals surface area contributed by atoms with E-state index in [1.165, 1.54) is 5.56 Å². The molecule has 2 heterocycles. The zero-order valence-corrected chi connectivity index (χ0v) is 13.9. The molecule has 1 atom stereocenters. The number of H-pyrrole nitrogens is 1. The van der Waals surface area contributed by atoms with E-state index in [4.69, 9.17) is 10.5 Å². The van der Waals surface area contributed by atoms with Crippen LogP contribution >= 0.6 is 0 Å². The van der Waals surface area contributed by atoms with Crippen LogP contribution in [0.1, 0.15) is 48.9 Å². The van der Waals surface area contributed by atoms with Gasteiger partial charge in [0.2, 0.25) is 11.8 Å². The molecule has 5 heteroatoms. The highest BCUT2D eigenvalue weighted by molar-refractivity contribution is 5.49. The fourth-order valence-electron chi connectivity index (χ4n) is 3.20. The topological polar surface area (TPSA) is 87.7 Å². The van der Waals surface area contributed by atoms with E-state index in [0.717, 1.165) is 43.4 Å². The number of fused-ring (bicyclic) bond motifs is 1. The predicted molar refractivity (Wildman–Crippen MR) is 92.2 cm³/mol. The molecule has 0 amide bonds. The maximum Gasteiger partial charge on any atom is 0.243 e. The minimum absolute atomic E-state index is 0.0652. The van der Waals surface area contributed by atoms with Gasteiger partial charge in [-0.2, -0.15) is 5.26 Å². The minimum atomic E-state index is -0.0652. The maximum absolute atomic E-state index is 9.56. The van der Waals surface area contributed by atoms with E-state index in [1.807, 2.05) is 18.2 Å². The molecule has 1 aromatic heterocycles. The lowest BCUT2D eigenvalue weighted by atomic mass is 9.84. The summed E-state index contributed by atoms with van der Waals surface area (Å²) in [5.41, 5.74) is 9.78. The van der Waals surface area contributed by atoms with Crippen LogP contribution in [-0.2, 0) is 12.8 Å². The minimum Gasteiger partial charge on any atom is -0.420 e. The molecule has 0 spiro atoms. The van der Waals surface area contributed by atoms with Crippen molar-refractivity contribution < 1.29 is 4.74 Å². The fourth-order valence-corrected chi connectivity index (χ4v) is 3.20. The number of rotatable bonds is 6. The predicted octanol–water partition coefficient (Wildman–Crippen LogP) is 3.55. The molecule has 0 radical (unpaired) electrons. The van der Waals surface area contributed by atoms with Gasteiger partial charge in [0, 0.05) is 17.2 Å². The Labute approximate surface area is 142 Å². The Morgan fingerprint density at radius 1 is 1.29 bits per heavy atom. The van der Waals surface area contributed by atoms with Gasteiger partial charge in [-0.1, -0.05) is 43.7 Å². The Bertz CT molecular complexity index is 770. The second-order valence-corrected chi connectivity index (χ2v) is 6.09. The molecule has 0 bridgehead atoms. The van der Waals surface area contributed by atoms with Crippen LogP contribution in [0.4, 0.5) is 0 Å². The second-order valence-electron chi connectivity index (χ2n) is 6.09. The Morgan fingerprint density at radius 2 is 2.08 bits per heavy atom. The summed E-state index contributed by atoms with van der Waals surface area (Å²) in [4.78, 5) is 0. The summed E-state index contributed by atoms with van der Waals surface area (Å²) in [5, 5.41) is 16.9. The molecule has 0 saturated carbocycles. The van der Waals surface area contributed by atoms with Crippen molar-refractivity contribution in [3.8, 4) is 11.9 Å². The van der Waals surface area contributed by atoms with Crippen LogP contribution in [0.2, 0.25) is 0 Å². The molecule has 2 aromatic rings. The van der Waals surface area contributed by atoms with E-state index in [9.17, 15) is 5.26 Å². The first-order valence-electron chi connectivity index (χ1n) is 8.43. The van der Waals surface area contributed by atoms with Crippen molar-refractivity contribution >= 4 is 0 Å². The number of aromatic amines is 1. The number of allylic oxidation sites excluding steroid dienone is 1. The van der Waals surface area contributed by atoms with Gasteiger partial charge in [-0.15, -0.1) is 5.10 Å². The Hall–Kier alpha value is -2.74. The van der Waals surface area contributed by atoms with Crippen molar-refractivity contribution in [2.24, 2.45) is 5.73 Å². The highest BCUT2D eigenvalue weighted by Crippen LogP contribution is 2.41. The first kappa shape index (κ1) is 16.1. The van der Waals surface area contributed by atoms with Gasteiger partial charge >= 0.3 is 0 Å². The number of aryl methyl sites for hydroxylation is 2. The van der Waals surface area contributed by atoms with Crippen molar-refractivity contribution in [3.05, 3.63) is 58.6 Å². The molecule has 1 aliphatic heterocycles. The molecule has 1 unspecified atom stereocenters. The molecule has 124 valence electrons. The van der Waals surface area contributed by atoms with Crippen LogP contribution in [0.3, 0.4) is 0 Å². The summed E-state index contributed by atoms with van der Waals surface area (Å²) in [7, 11) is 0. The maximum atomic E-state index is 9.56. The summed E-state index contributed by atoms with van der Waals surface area (Å²) in [6.45, 7) is 2.16. The van der Waals surface area contributed by atoms with E-state index in [2.05, 4.69) is 35.3 Å². The van der Waals surface area contributed by atoms with Gasteiger partial charge in [-0.05, 0) is 31.2 Å². The third kappa shape index (κ3) is 3.13. The monoisotopic (exact) mass is 322 g/mol. The smallest absolute Gasteiger partial charge is 0.243 e. The summed E-state index contributed by atoms with van der Waals surface area (Å²) in [6, 6.07) is 12.5. The SMILES string of the molecule is CCCCc1[nH]nc2c1C(CCc1ccccc1)C(C#N)=C(N)O2. The fraction of sp³-hybridized carbons (Fsp3) is 0.368. The number of hydrogen-bond acceptors (Lipinski definition) is 4. The average Bonchev–Trinajstić information content (AvgIpc) is 3.00. The highest BCUT2D eigenvalue weighted by atomic mass is 16.5. The normalized spacial score (nSPS) is 16.4. The largest absolute Gasteiger partial charge is 0.420 e. The third-order valence-electron chi connectivity index (χ3n) is 4.48. The third-order valence-corrected chi connectivity index (χ3v) is 4.48. The molecule has 1 aliphatic rings. The zero-order valence-electron chi connectivity index (χ0n) is 13.9. The van der Waals surface area contributed by atoms with Crippen LogP contribution in [-0.4, -0.2) is 10.2 Å². The van der Waals surface area contributed by atoms with Crippen LogP contribution in [0, 0.1) is 11.3 Å². The van der Waals surface area contributed by atoms with Crippen molar-refractivity contribution in [3.63, 3.8) is 0 Å². The van der Waals surface area contributed by atoms with Gasteiger partial charge < -0.3 is 10.5 Å². The number of nitrogens with two attached hydrogens (primary N) is 1. The zero-order chi connectivity index (χ0) is 16.9. The number of unbranched alkanes of at least 4 members (excludes halogenated alkanes) is 1. The molecular formula is C19H22N4O. The van der Waals surface area contributed by atoms with Crippen molar-refractivity contribution in [1.29, 1.82) is 5.26 Å². The number of nitrogens with one attached hydrogen (secondary N) is 1. The Morgan fingerprint density at radius 3 is 2.79 bits per heavy atom. The van der Waals surface area contributed by atoms with Crippen molar-refractivity contribution in [1.82, 2.24) is 10.2 Å². The summed E-state index contributed by atoms with van der Waals surface area (Å²) >= 11 is 0. The number of ether oxygens (including phenoxy) is 1. The standard InChI is InChI=1S/C19H22N4O/c1-2-3-9-16-17-14(11-10-13-7-5-4-6-8-13)15(12-20)18(21)24-19(17)23-22-16/h4-8,14H,2-3,9-11,21H2,1H3,(H,22,23). The molecule has 0 aliphatic carbocycles. The van der Waals surface area contributed by atoms with Gasteiger partial charge in [-0.3, -0.25) is 5.10 Å². The average molecular weight is 322 g/mol. The number of nitrogens with zero attached hydrogens (tertiary/aromatic N) is 2. The number of benzene rings is 1. The summed E-state index contributed by atoms with van der Waals surface area (Å²) in [5.74, 6) is 0.636. The van der Waals surface area contributed by atoms with Crippen LogP contribution < -0.4 is 10.5 Å². The molecule has 5 nitrogen and oxygen atoms in total. The first-order chi connectivity index (χ1) is 11.7. The lowest BCUT2D eigenvalue weighted by molar-refractivity contribution is 0.371. The van der Waals surface area contributed by atoms with E-state index in [1.54, 1.807) is 0 Å². The Kier molecular flexibility index (Phi) is 4.85. The molecule has 3 N–H and O–H groups in total. The lowest BCUT2D eigenvalue weighted by Gasteiger charge is -2.23. The van der Waals surface area contributed by atoms with Gasteiger partial charge in [0.05, 0.1) is 5.57 Å². The second kappa shape index (κ2) is 7.22. The number of nitriles is 1. The van der Waals surface area contributed by atoms with E-state index in [-0.39, 0.29) is 11.8 Å². The Balaban J connectivity index is 1.90. The van der Waals surface area contributed by atoms with E-state index in [0.29, 0.717) is 11.5 Å². The molecule has 0 saturated heterocycles. The van der Waals surface area contributed by atoms with E-state index >= 15 is 0 Å². The number of hydrogen-bond donors (Lipinski definition) is 2. The van der Waals surface area contributed by atoms with Gasteiger partial charge in [-0.25, -0.2) is 0 Å². The molecule has 0 fully saturated rings. The van der Waals surface area contributed by atoms with Crippen LogP contribution in [0.25, 0.3) is 0 Å². The lowest BCUT2D eigenvalue weighted by Crippen LogP contribution is -2.21. The summed E-state index contributed by atoms with van der Waals surface area (Å²) < 4.78 is 5.57. The van der Waals surface area contributed by atoms with Crippen molar-refractivity contribution in [2.45, 2.75) is 44.9 Å². The summed E-state index contributed by atoms with van der Waals surface area (Å²) in [6.07, 6.45) is 4.76. The highest BCUT2D eigenvalue weighted by Gasteiger charge is 2.33. The van der Waals surface area contributed by atoms with E-state index < -0.39 is 0 Å². The quantitative estimate of drug-likeness (QED) is 0.851. The van der Waals surface area contributed by atoms with Crippen molar-refractivity contribution in [2.75, 3.05) is 0 Å².